The molecule has 1 saturated heterocycles. The first-order valence-electron chi connectivity index (χ1n) is 15.2. The van der Waals surface area contributed by atoms with E-state index in [2.05, 4.69) is 15.0 Å². The Morgan fingerprint density at radius 3 is 2.26 bits per heavy atom. The first kappa shape index (κ1) is 33.3. The molecule has 246 valence electrons. The molecule has 1 N–H and O–H groups in total. The summed E-state index contributed by atoms with van der Waals surface area (Å²) < 4.78 is 32.3. The maximum absolute atomic E-state index is 16.1. The fourth-order valence-electron chi connectivity index (χ4n) is 5.88. The standard InChI is InChI=1S/C33H35F2N7O5/c1-17(2)27-30(28(18(3)4)37-16-36-27)41-32-21(14-23(35)29(42(32)47)26-22(34)8-7-9-24(26)44)31(38-33(41)46)40-13-12-39(15-19(40)5)25(45)11-10-20(6)43/h7-11,14,16-19,47H,12-13,15H2,1-6H3/b11-10+,29-26-/t19-/m0/s1. The van der Waals surface area contributed by atoms with Gasteiger partial charge in [-0.2, -0.15) is 4.98 Å². The minimum atomic E-state index is -1.14. The van der Waals surface area contributed by atoms with Gasteiger partial charge in [-0.15, -0.1) is 0 Å². The number of allylic oxidation sites excluding steroid dienone is 7. The molecule has 5 rings (SSSR count). The Morgan fingerprint density at radius 2 is 1.68 bits per heavy atom. The van der Waals surface area contributed by atoms with Gasteiger partial charge in [-0.05, 0) is 50.0 Å². The summed E-state index contributed by atoms with van der Waals surface area (Å²) in [5.41, 5.74) is -1.26. The van der Waals surface area contributed by atoms with Crippen LogP contribution in [0.3, 0.4) is 0 Å². The van der Waals surface area contributed by atoms with E-state index in [1.807, 2.05) is 27.7 Å². The highest BCUT2D eigenvalue weighted by atomic mass is 19.1. The summed E-state index contributed by atoms with van der Waals surface area (Å²) in [7, 11) is 0. The zero-order valence-corrected chi connectivity index (χ0v) is 26.9. The van der Waals surface area contributed by atoms with E-state index >= 15 is 8.78 Å². The Bertz CT molecular complexity index is 1860. The van der Waals surface area contributed by atoms with Crippen molar-refractivity contribution in [3.63, 3.8) is 0 Å². The lowest BCUT2D eigenvalue weighted by atomic mass is 9.98. The van der Waals surface area contributed by atoms with Gasteiger partial charge in [0.1, 0.15) is 23.7 Å². The number of carbonyl (C=O) groups excluding carboxylic acids is 3. The first-order chi connectivity index (χ1) is 22.2. The number of piperazine rings is 1. The highest BCUT2D eigenvalue weighted by Crippen LogP contribution is 2.43. The van der Waals surface area contributed by atoms with E-state index < -0.39 is 40.4 Å². The van der Waals surface area contributed by atoms with Crippen LogP contribution >= 0.6 is 0 Å². The minimum Gasteiger partial charge on any atom is -0.350 e. The predicted molar refractivity (Wildman–Crippen MR) is 171 cm³/mol. The van der Waals surface area contributed by atoms with Gasteiger partial charge in [0, 0.05) is 31.8 Å². The lowest BCUT2D eigenvalue weighted by Crippen LogP contribution is -2.54. The zero-order valence-electron chi connectivity index (χ0n) is 26.9. The van der Waals surface area contributed by atoms with Crippen LogP contribution < -0.4 is 15.7 Å². The molecule has 0 unspecified atom stereocenters. The van der Waals surface area contributed by atoms with Crippen molar-refractivity contribution in [3.8, 4) is 5.69 Å². The predicted octanol–water partition coefficient (Wildman–Crippen LogP) is 4.22. The number of carbonyl (C=O) groups is 3. The Kier molecular flexibility index (Phi) is 9.16. The van der Waals surface area contributed by atoms with E-state index in [0.717, 1.165) is 22.8 Å². The molecule has 1 fully saturated rings. The first-order valence-corrected chi connectivity index (χ1v) is 15.2. The molecule has 0 aromatic carbocycles. The quantitative estimate of drug-likeness (QED) is 0.453. The highest BCUT2D eigenvalue weighted by Gasteiger charge is 2.39. The number of hydrogen-bond acceptors (Lipinski definition) is 10. The molecule has 2 aromatic rings. The smallest absolute Gasteiger partial charge is 0.350 e. The van der Waals surface area contributed by atoms with Gasteiger partial charge in [0.2, 0.25) is 5.91 Å². The van der Waals surface area contributed by atoms with E-state index in [4.69, 9.17) is 0 Å². The second-order valence-electron chi connectivity index (χ2n) is 12.1. The summed E-state index contributed by atoms with van der Waals surface area (Å²) in [6, 6.07) is -0.448. The highest BCUT2D eigenvalue weighted by molar-refractivity contribution is 6.10. The second-order valence-corrected chi connectivity index (χ2v) is 12.1. The molecule has 1 aliphatic carbocycles. The number of nitrogens with zero attached hydrogens (tertiary/aromatic N) is 7. The van der Waals surface area contributed by atoms with Crippen LogP contribution in [0.2, 0.25) is 0 Å². The molecule has 3 aliphatic rings. The molecule has 0 radical (unpaired) electrons. The van der Waals surface area contributed by atoms with Crippen molar-refractivity contribution in [2.45, 2.75) is 59.4 Å². The van der Waals surface area contributed by atoms with Gasteiger partial charge in [0.15, 0.2) is 23.2 Å². The molecule has 12 nitrogen and oxygen atoms in total. The van der Waals surface area contributed by atoms with Gasteiger partial charge < -0.3 is 9.80 Å². The summed E-state index contributed by atoms with van der Waals surface area (Å²) in [5, 5.41) is 12.1. The normalized spacial score (nSPS) is 19.9. The van der Waals surface area contributed by atoms with Crippen molar-refractivity contribution in [2.75, 3.05) is 29.6 Å². The van der Waals surface area contributed by atoms with Gasteiger partial charge in [-0.1, -0.05) is 33.8 Å². The van der Waals surface area contributed by atoms with Crippen LogP contribution in [0, 0.1) is 0 Å². The number of hydrogen-bond donors (Lipinski definition) is 1. The van der Waals surface area contributed by atoms with Crippen LogP contribution in [-0.4, -0.2) is 72.8 Å². The minimum absolute atomic E-state index is 0.0123. The van der Waals surface area contributed by atoms with Crippen molar-refractivity contribution in [1.29, 1.82) is 0 Å². The number of anilines is 2. The molecule has 1 amide bonds. The SMILES string of the molecule is CC(=O)/C=C/C(=O)N1CCN(c2nc(=O)n(-c3c(C(C)C)ncnc3C(C)C)c3c2C=C(F)/C(=C2/C(=O)C=CC=C2F)N3O)[C@@H](C)C1. The lowest BCUT2D eigenvalue weighted by molar-refractivity contribution is -0.127. The van der Waals surface area contributed by atoms with Crippen LogP contribution in [0.25, 0.3) is 11.8 Å². The molecule has 14 heteroatoms. The van der Waals surface area contributed by atoms with Gasteiger partial charge in [-0.3, -0.25) is 19.6 Å². The number of halogens is 2. The summed E-state index contributed by atoms with van der Waals surface area (Å²) in [6.45, 7) is 11.1. The monoisotopic (exact) mass is 647 g/mol. The van der Waals surface area contributed by atoms with E-state index in [-0.39, 0.29) is 66.0 Å². The fraction of sp³-hybridized carbons (Fsp3) is 0.364. The maximum atomic E-state index is 16.1. The Morgan fingerprint density at radius 1 is 1.02 bits per heavy atom. The molecule has 2 aliphatic heterocycles. The molecule has 0 saturated carbocycles. The number of fused-ring (bicyclic) bond motifs is 1. The van der Waals surface area contributed by atoms with E-state index in [1.54, 1.807) is 11.8 Å². The third kappa shape index (κ3) is 6.08. The van der Waals surface area contributed by atoms with E-state index in [1.165, 1.54) is 36.4 Å². The molecular weight excluding hydrogens is 612 g/mol. The molecule has 4 heterocycles. The third-order valence-electron chi connectivity index (χ3n) is 8.08. The number of rotatable bonds is 6. The van der Waals surface area contributed by atoms with Crippen molar-refractivity contribution in [2.24, 2.45) is 0 Å². The number of aromatic nitrogens is 4. The van der Waals surface area contributed by atoms with E-state index in [9.17, 15) is 24.4 Å². The van der Waals surface area contributed by atoms with Gasteiger partial charge in [0.05, 0.1) is 28.2 Å². The molecule has 0 bridgehead atoms. The fourth-order valence-corrected chi connectivity index (χ4v) is 5.88. The number of hydroxylamine groups is 1. The van der Waals surface area contributed by atoms with Crippen LogP contribution in [0.4, 0.5) is 20.4 Å². The largest absolute Gasteiger partial charge is 0.355 e. The topological polar surface area (TPSA) is 142 Å². The average Bonchev–Trinajstić information content (AvgIpc) is 3.00. The number of ketones is 2. The summed E-state index contributed by atoms with van der Waals surface area (Å²) in [6.07, 6.45) is 7.94. The van der Waals surface area contributed by atoms with Crippen molar-refractivity contribution in [3.05, 3.63) is 87.1 Å². The van der Waals surface area contributed by atoms with Crippen molar-refractivity contribution >= 4 is 35.2 Å². The van der Waals surface area contributed by atoms with Crippen LogP contribution in [-0.2, 0) is 14.4 Å². The Labute approximate surface area is 269 Å². The second kappa shape index (κ2) is 12.9. The van der Waals surface area contributed by atoms with Crippen molar-refractivity contribution in [1.82, 2.24) is 24.4 Å². The lowest BCUT2D eigenvalue weighted by Gasteiger charge is -2.41. The van der Waals surface area contributed by atoms with Crippen LogP contribution in [0.15, 0.2) is 64.4 Å². The molecule has 0 spiro atoms. The van der Waals surface area contributed by atoms with Crippen LogP contribution in [0.1, 0.15) is 70.3 Å². The van der Waals surface area contributed by atoms with Gasteiger partial charge >= 0.3 is 5.69 Å². The van der Waals surface area contributed by atoms with E-state index in [0.29, 0.717) is 16.5 Å². The summed E-state index contributed by atoms with van der Waals surface area (Å²) in [4.78, 5) is 67.6. The molecule has 1 atom stereocenters. The average molecular weight is 648 g/mol. The maximum Gasteiger partial charge on any atom is 0.355 e. The molecule has 2 aromatic heterocycles. The summed E-state index contributed by atoms with van der Waals surface area (Å²) in [5.74, 6) is -4.46. The summed E-state index contributed by atoms with van der Waals surface area (Å²) >= 11 is 0. The zero-order chi connectivity index (χ0) is 34.3. The Balaban J connectivity index is 1.77. The van der Waals surface area contributed by atoms with Crippen LogP contribution in [0.5, 0.6) is 0 Å². The molecule has 47 heavy (non-hydrogen) atoms. The van der Waals surface area contributed by atoms with Gasteiger partial charge in [-0.25, -0.2) is 33.2 Å². The third-order valence-corrected chi connectivity index (χ3v) is 8.08. The Hall–Kier alpha value is -5.11. The van der Waals surface area contributed by atoms with Gasteiger partial charge in [0.25, 0.3) is 0 Å². The van der Waals surface area contributed by atoms with Crippen molar-refractivity contribution < 1.29 is 28.4 Å². The number of amides is 1. The molecular formula is C33H35F2N7O5.